The zero-order valence-corrected chi connectivity index (χ0v) is 12.6. The maximum Gasteiger partial charge on any atom is 0.126 e. The highest BCUT2D eigenvalue weighted by atomic mass is 16.5. The lowest BCUT2D eigenvalue weighted by molar-refractivity contribution is 0.0844. The lowest BCUT2D eigenvalue weighted by atomic mass is 9.99. The van der Waals surface area contributed by atoms with E-state index in [2.05, 4.69) is 35.2 Å². The number of aliphatic hydroxyl groups is 1. The Morgan fingerprint density at radius 2 is 1.95 bits per heavy atom. The minimum absolute atomic E-state index is 0.258. The van der Waals surface area contributed by atoms with Crippen LogP contribution in [0.4, 0.5) is 0 Å². The molecule has 2 aromatic carbocycles. The van der Waals surface area contributed by atoms with Crippen LogP contribution in [0.15, 0.2) is 36.4 Å². The monoisotopic (exact) mass is 285 g/mol. The lowest BCUT2D eigenvalue weighted by Gasteiger charge is -2.34. The molecule has 0 aliphatic carbocycles. The number of hydrogen-bond donors (Lipinski definition) is 1. The van der Waals surface area contributed by atoms with Gasteiger partial charge in [0.15, 0.2) is 0 Å². The third-order valence-corrected chi connectivity index (χ3v) is 4.53. The Kier molecular flexibility index (Phi) is 4.42. The van der Waals surface area contributed by atoms with Gasteiger partial charge >= 0.3 is 0 Å². The van der Waals surface area contributed by atoms with Gasteiger partial charge in [-0.1, -0.05) is 36.8 Å². The molecule has 0 unspecified atom stereocenters. The number of likely N-dealkylation sites (tertiary alicyclic amines) is 1. The molecule has 1 saturated heterocycles. The Labute approximate surface area is 126 Å². The van der Waals surface area contributed by atoms with Crippen LogP contribution in [-0.2, 0) is 6.54 Å². The summed E-state index contributed by atoms with van der Waals surface area (Å²) in [5, 5.41) is 12.0. The fourth-order valence-corrected chi connectivity index (χ4v) is 3.34. The molecule has 3 nitrogen and oxygen atoms in total. The van der Waals surface area contributed by atoms with Crippen molar-refractivity contribution in [2.75, 3.05) is 20.3 Å². The number of hydrogen-bond acceptors (Lipinski definition) is 3. The number of rotatable bonds is 4. The molecule has 0 spiro atoms. The SMILES string of the molecule is COc1ccc(CN2CCCC[C@@H]2CO)c2ccccc12. The Balaban J connectivity index is 1.93. The van der Waals surface area contributed by atoms with Crippen molar-refractivity contribution in [1.82, 2.24) is 4.90 Å². The topological polar surface area (TPSA) is 32.7 Å². The molecule has 2 aromatic rings. The van der Waals surface area contributed by atoms with Crippen molar-refractivity contribution >= 4 is 10.8 Å². The van der Waals surface area contributed by atoms with Crippen molar-refractivity contribution in [3.8, 4) is 5.75 Å². The highest BCUT2D eigenvalue weighted by molar-refractivity contribution is 5.91. The molecular formula is C18H23NO2. The van der Waals surface area contributed by atoms with E-state index in [0.29, 0.717) is 6.04 Å². The predicted molar refractivity (Wildman–Crippen MR) is 85.6 cm³/mol. The Bertz CT molecular complexity index is 611. The quantitative estimate of drug-likeness (QED) is 0.936. The molecular weight excluding hydrogens is 262 g/mol. The molecule has 3 rings (SSSR count). The minimum atomic E-state index is 0.258. The molecule has 1 fully saturated rings. The second-order valence-corrected chi connectivity index (χ2v) is 5.78. The Morgan fingerprint density at radius 1 is 1.14 bits per heavy atom. The van der Waals surface area contributed by atoms with E-state index in [-0.39, 0.29) is 6.61 Å². The molecule has 0 bridgehead atoms. The third kappa shape index (κ3) is 2.89. The average Bonchev–Trinajstić information content (AvgIpc) is 2.55. The van der Waals surface area contributed by atoms with E-state index in [9.17, 15) is 5.11 Å². The van der Waals surface area contributed by atoms with E-state index >= 15 is 0 Å². The molecule has 0 aromatic heterocycles. The summed E-state index contributed by atoms with van der Waals surface area (Å²) in [5.41, 5.74) is 1.31. The van der Waals surface area contributed by atoms with Crippen LogP contribution < -0.4 is 4.74 Å². The van der Waals surface area contributed by atoms with Gasteiger partial charge in [0.2, 0.25) is 0 Å². The normalized spacial score (nSPS) is 19.8. The number of piperidine rings is 1. The van der Waals surface area contributed by atoms with Gasteiger partial charge in [-0.2, -0.15) is 0 Å². The van der Waals surface area contributed by atoms with Crippen LogP contribution in [0.2, 0.25) is 0 Å². The summed E-state index contributed by atoms with van der Waals surface area (Å²) < 4.78 is 5.46. The molecule has 1 aliphatic rings. The number of ether oxygens (including phenoxy) is 1. The van der Waals surface area contributed by atoms with Crippen LogP contribution in [0.3, 0.4) is 0 Å². The largest absolute Gasteiger partial charge is 0.496 e. The van der Waals surface area contributed by atoms with E-state index in [1.54, 1.807) is 7.11 Å². The number of aliphatic hydroxyl groups excluding tert-OH is 1. The van der Waals surface area contributed by atoms with Crippen molar-refractivity contribution in [2.24, 2.45) is 0 Å². The fraction of sp³-hybridized carbons (Fsp3) is 0.444. The molecule has 0 saturated carbocycles. The van der Waals surface area contributed by atoms with Crippen LogP contribution in [0.1, 0.15) is 24.8 Å². The zero-order valence-electron chi connectivity index (χ0n) is 12.6. The number of nitrogens with zero attached hydrogens (tertiary/aromatic N) is 1. The first-order valence-electron chi connectivity index (χ1n) is 7.73. The van der Waals surface area contributed by atoms with Crippen LogP contribution in [0.5, 0.6) is 5.75 Å². The smallest absolute Gasteiger partial charge is 0.126 e. The molecule has 112 valence electrons. The summed E-state index contributed by atoms with van der Waals surface area (Å²) in [6.07, 6.45) is 3.56. The van der Waals surface area contributed by atoms with Crippen molar-refractivity contribution < 1.29 is 9.84 Å². The number of benzene rings is 2. The summed E-state index contributed by atoms with van der Waals surface area (Å²) in [6, 6.07) is 12.9. The maximum absolute atomic E-state index is 9.57. The first-order valence-corrected chi connectivity index (χ1v) is 7.73. The van der Waals surface area contributed by atoms with E-state index < -0.39 is 0 Å². The first-order chi connectivity index (χ1) is 10.3. The minimum Gasteiger partial charge on any atom is -0.496 e. The first kappa shape index (κ1) is 14.4. The highest BCUT2D eigenvalue weighted by Gasteiger charge is 2.22. The fourth-order valence-electron chi connectivity index (χ4n) is 3.34. The predicted octanol–water partition coefficient (Wildman–Crippen LogP) is 3.20. The van der Waals surface area contributed by atoms with E-state index in [1.165, 1.54) is 23.8 Å². The Morgan fingerprint density at radius 3 is 2.71 bits per heavy atom. The molecule has 1 heterocycles. The molecule has 1 aliphatic heterocycles. The van der Waals surface area contributed by atoms with E-state index in [0.717, 1.165) is 30.6 Å². The van der Waals surface area contributed by atoms with Crippen LogP contribution >= 0.6 is 0 Å². The van der Waals surface area contributed by atoms with Crippen molar-refractivity contribution in [1.29, 1.82) is 0 Å². The van der Waals surface area contributed by atoms with Gasteiger partial charge in [-0.3, -0.25) is 4.90 Å². The van der Waals surface area contributed by atoms with Gasteiger partial charge in [0.25, 0.3) is 0 Å². The van der Waals surface area contributed by atoms with Crippen LogP contribution in [0.25, 0.3) is 10.8 Å². The maximum atomic E-state index is 9.57. The number of methoxy groups -OCH3 is 1. The highest BCUT2D eigenvalue weighted by Crippen LogP contribution is 2.30. The van der Waals surface area contributed by atoms with Crippen molar-refractivity contribution in [3.05, 3.63) is 42.0 Å². The molecule has 0 radical (unpaired) electrons. The molecule has 0 amide bonds. The summed E-state index contributed by atoms with van der Waals surface area (Å²) in [6.45, 7) is 2.23. The number of fused-ring (bicyclic) bond motifs is 1. The van der Waals surface area contributed by atoms with Crippen molar-refractivity contribution in [2.45, 2.75) is 31.8 Å². The van der Waals surface area contributed by atoms with Gasteiger partial charge in [-0.25, -0.2) is 0 Å². The van der Waals surface area contributed by atoms with E-state index in [1.807, 2.05) is 6.07 Å². The standard InChI is InChI=1S/C18H23NO2/c1-21-18-10-9-14(16-7-2-3-8-17(16)18)12-19-11-5-4-6-15(19)13-20/h2-3,7-10,15,20H,4-6,11-13H2,1H3/t15-/m1/s1. The molecule has 21 heavy (non-hydrogen) atoms. The molecule has 1 N–H and O–H groups in total. The third-order valence-electron chi connectivity index (χ3n) is 4.53. The second-order valence-electron chi connectivity index (χ2n) is 5.78. The summed E-state index contributed by atoms with van der Waals surface area (Å²) in [7, 11) is 1.72. The lowest BCUT2D eigenvalue weighted by Crippen LogP contribution is -2.41. The van der Waals surface area contributed by atoms with Crippen molar-refractivity contribution in [3.63, 3.8) is 0 Å². The Hall–Kier alpha value is -1.58. The van der Waals surface area contributed by atoms with Gasteiger partial charge in [-0.15, -0.1) is 0 Å². The summed E-state index contributed by atoms with van der Waals surface area (Å²) in [4.78, 5) is 2.41. The average molecular weight is 285 g/mol. The van der Waals surface area contributed by atoms with Gasteiger partial charge in [0.05, 0.1) is 13.7 Å². The molecule has 1 atom stereocenters. The van der Waals surface area contributed by atoms with Gasteiger partial charge in [0.1, 0.15) is 5.75 Å². The zero-order chi connectivity index (χ0) is 14.7. The summed E-state index contributed by atoms with van der Waals surface area (Å²) in [5.74, 6) is 0.923. The van der Waals surface area contributed by atoms with Gasteiger partial charge in [-0.05, 0) is 36.4 Å². The van der Waals surface area contributed by atoms with Crippen LogP contribution in [0, 0.1) is 0 Å². The summed E-state index contributed by atoms with van der Waals surface area (Å²) >= 11 is 0. The van der Waals surface area contributed by atoms with Crippen LogP contribution in [-0.4, -0.2) is 36.3 Å². The van der Waals surface area contributed by atoms with E-state index in [4.69, 9.17) is 4.74 Å². The molecule has 3 heteroatoms. The van der Waals surface area contributed by atoms with Gasteiger partial charge < -0.3 is 9.84 Å². The van der Waals surface area contributed by atoms with Gasteiger partial charge in [0, 0.05) is 18.0 Å². The second kappa shape index (κ2) is 6.46.